The van der Waals surface area contributed by atoms with Crippen LogP contribution in [0.25, 0.3) is 0 Å². The number of halogens is 3. The van der Waals surface area contributed by atoms with Crippen molar-refractivity contribution in [2.75, 3.05) is 18.4 Å². The molecule has 0 spiro atoms. The summed E-state index contributed by atoms with van der Waals surface area (Å²) in [5, 5.41) is 13.3. The molecular weight excluding hydrogens is 630 g/mol. The van der Waals surface area contributed by atoms with Crippen LogP contribution in [0.3, 0.4) is 0 Å². The third-order valence-electron chi connectivity index (χ3n) is 8.22. The zero-order valence-electron chi connectivity index (χ0n) is 25.4. The molecule has 1 fully saturated rings. The first-order valence-electron chi connectivity index (χ1n) is 15.1. The third-order valence-corrected chi connectivity index (χ3v) is 10.9. The molecule has 4 aromatic carbocycles. The molecule has 0 aliphatic carbocycles. The predicted molar refractivity (Wildman–Crippen MR) is 177 cm³/mol. The molecule has 0 aromatic heterocycles. The molecule has 3 atom stereocenters. The maximum atomic E-state index is 15.6. The Bertz CT molecular complexity index is 1740. The van der Waals surface area contributed by atoms with Gasteiger partial charge < -0.3 is 16.0 Å². The van der Waals surface area contributed by atoms with Crippen LogP contribution in [0.5, 0.6) is 0 Å². The summed E-state index contributed by atoms with van der Waals surface area (Å²) in [4.78, 5) is 12.4. The Morgan fingerprint density at radius 3 is 2.35 bits per heavy atom. The number of piperazine rings is 1. The lowest BCUT2D eigenvalue weighted by Gasteiger charge is -2.41. The van der Waals surface area contributed by atoms with Crippen molar-refractivity contribution in [3.05, 3.63) is 130 Å². The van der Waals surface area contributed by atoms with Crippen molar-refractivity contribution < 1.29 is 22.0 Å². The van der Waals surface area contributed by atoms with Gasteiger partial charge >= 0.3 is 0 Å². The van der Waals surface area contributed by atoms with E-state index in [1.54, 1.807) is 66.7 Å². The smallest absolute Gasteiger partial charge is 0.243 e. The van der Waals surface area contributed by atoms with Crippen LogP contribution in [0.4, 0.5) is 14.5 Å². The molecule has 1 aliphatic heterocycles. The molecule has 1 amide bonds. The van der Waals surface area contributed by atoms with Gasteiger partial charge in [-0.05, 0) is 79.4 Å². The lowest BCUT2D eigenvalue weighted by Crippen LogP contribution is -2.66. The van der Waals surface area contributed by atoms with E-state index < -0.39 is 26.6 Å². The molecule has 0 radical (unpaired) electrons. The molecule has 4 aromatic rings. The standard InChI is InChI=1S/C35H37ClF2N4O3S/c1-24-21-39-23-35(42-24,46(44,45)29-6-3-2-4-7-29)19-18-30-31(38)8-5-9-32(30)41-33(20-25-10-14-27(36)15-11-25)34(43)40-22-26-12-16-28(37)17-13-26/h2-17,24,33,39,41-42H,18-23H2,1H3,(H,40,43)/t24-,33-,35-/m0/s1. The van der Waals surface area contributed by atoms with Gasteiger partial charge in [0.2, 0.25) is 5.91 Å². The number of benzene rings is 4. The van der Waals surface area contributed by atoms with Gasteiger partial charge in [-0.3, -0.25) is 10.1 Å². The third kappa shape index (κ3) is 7.93. The average Bonchev–Trinajstić information content (AvgIpc) is 3.05. The van der Waals surface area contributed by atoms with Gasteiger partial charge in [0.25, 0.3) is 0 Å². The SMILES string of the molecule is C[C@H]1CNC[C@](CCc2c(F)cccc2N[C@@H](Cc2ccc(Cl)cc2)C(=O)NCc2ccc(F)cc2)(S(=O)(=O)c2ccccc2)N1. The minimum atomic E-state index is -3.88. The molecule has 1 aliphatic rings. The van der Waals surface area contributed by atoms with E-state index in [2.05, 4.69) is 21.3 Å². The first-order valence-corrected chi connectivity index (χ1v) is 17.0. The van der Waals surface area contributed by atoms with E-state index >= 15 is 4.39 Å². The number of anilines is 1. The van der Waals surface area contributed by atoms with Crippen LogP contribution >= 0.6 is 11.6 Å². The van der Waals surface area contributed by atoms with E-state index in [0.717, 1.165) is 11.1 Å². The van der Waals surface area contributed by atoms with Gasteiger partial charge in [0.1, 0.15) is 22.5 Å². The van der Waals surface area contributed by atoms with E-state index in [1.807, 2.05) is 19.1 Å². The van der Waals surface area contributed by atoms with Gasteiger partial charge in [-0.2, -0.15) is 0 Å². The number of amides is 1. The summed E-state index contributed by atoms with van der Waals surface area (Å²) in [6, 6.07) is 24.8. The van der Waals surface area contributed by atoms with Crippen LogP contribution in [-0.4, -0.2) is 44.4 Å². The van der Waals surface area contributed by atoms with Crippen LogP contribution in [-0.2, 0) is 34.0 Å². The summed E-state index contributed by atoms with van der Waals surface area (Å²) in [5.74, 6) is -1.22. The molecule has 46 heavy (non-hydrogen) atoms. The van der Waals surface area contributed by atoms with Crippen LogP contribution in [0, 0.1) is 11.6 Å². The summed E-state index contributed by atoms with van der Waals surface area (Å²) < 4.78 is 57.1. The summed E-state index contributed by atoms with van der Waals surface area (Å²) >= 11 is 6.08. The highest BCUT2D eigenvalue weighted by Gasteiger charge is 2.47. The van der Waals surface area contributed by atoms with Crippen LogP contribution in [0.15, 0.2) is 102 Å². The Kier molecular flexibility index (Phi) is 10.7. The number of rotatable bonds is 12. The number of hydrogen-bond acceptors (Lipinski definition) is 6. The molecule has 0 bridgehead atoms. The molecule has 242 valence electrons. The van der Waals surface area contributed by atoms with E-state index in [1.165, 1.54) is 18.2 Å². The summed E-state index contributed by atoms with van der Waals surface area (Å²) in [7, 11) is -3.88. The normalized spacial score (nSPS) is 18.9. The Balaban J connectivity index is 1.42. The molecule has 4 N–H and O–H groups in total. The van der Waals surface area contributed by atoms with E-state index in [4.69, 9.17) is 11.6 Å². The van der Waals surface area contributed by atoms with Gasteiger partial charge in [-0.25, -0.2) is 17.2 Å². The lowest BCUT2D eigenvalue weighted by molar-refractivity contribution is -0.122. The summed E-state index contributed by atoms with van der Waals surface area (Å²) in [5.41, 5.74) is 2.22. The fraction of sp³-hybridized carbons (Fsp3) is 0.286. The molecule has 1 heterocycles. The van der Waals surface area contributed by atoms with Gasteiger partial charge in [0.15, 0.2) is 9.84 Å². The summed E-state index contributed by atoms with van der Waals surface area (Å²) in [6.45, 7) is 2.82. The largest absolute Gasteiger partial charge is 0.373 e. The monoisotopic (exact) mass is 666 g/mol. The maximum Gasteiger partial charge on any atom is 0.243 e. The van der Waals surface area contributed by atoms with Crippen molar-refractivity contribution >= 4 is 33.0 Å². The van der Waals surface area contributed by atoms with Crippen LogP contribution < -0.4 is 21.3 Å². The van der Waals surface area contributed by atoms with Gasteiger partial charge in [-0.15, -0.1) is 0 Å². The zero-order valence-corrected chi connectivity index (χ0v) is 27.0. The molecule has 1 saturated heterocycles. The predicted octanol–water partition coefficient (Wildman–Crippen LogP) is 5.64. The Labute approximate surface area is 273 Å². The molecule has 11 heteroatoms. The van der Waals surface area contributed by atoms with Crippen molar-refractivity contribution in [3.8, 4) is 0 Å². The van der Waals surface area contributed by atoms with Crippen molar-refractivity contribution in [1.82, 2.24) is 16.0 Å². The minimum Gasteiger partial charge on any atom is -0.373 e. The fourth-order valence-corrected chi connectivity index (χ4v) is 7.89. The second kappa shape index (κ2) is 14.7. The highest BCUT2D eigenvalue weighted by Crippen LogP contribution is 2.32. The van der Waals surface area contributed by atoms with Crippen molar-refractivity contribution in [3.63, 3.8) is 0 Å². The van der Waals surface area contributed by atoms with E-state index in [9.17, 15) is 17.6 Å². The second-order valence-corrected chi connectivity index (χ2v) is 14.3. The number of nitrogens with one attached hydrogen (secondary N) is 4. The van der Waals surface area contributed by atoms with Gasteiger partial charge in [0, 0.05) is 48.4 Å². The van der Waals surface area contributed by atoms with E-state index in [0.29, 0.717) is 17.3 Å². The highest BCUT2D eigenvalue weighted by molar-refractivity contribution is 7.92. The van der Waals surface area contributed by atoms with Crippen LogP contribution in [0.2, 0.25) is 5.02 Å². The minimum absolute atomic E-state index is 0.0767. The van der Waals surface area contributed by atoms with Crippen molar-refractivity contribution in [2.45, 2.75) is 54.6 Å². The Morgan fingerprint density at radius 1 is 0.957 bits per heavy atom. The van der Waals surface area contributed by atoms with E-state index in [-0.39, 0.29) is 60.6 Å². The lowest BCUT2D eigenvalue weighted by atomic mass is 9.99. The number of carbonyl (C=O) groups excluding carboxylic acids is 1. The number of carbonyl (C=O) groups is 1. The van der Waals surface area contributed by atoms with Crippen molar-refractivity contribution in [1.29, 1.82) is 0 Å². The number of hydrogen-bond donors (Lipinski definition) is 4. The molecule has 0 unspecified atom stereocenters. The first kappa shape index (κ1) is 33.5. The Hall–Kier alpha value is -3.83. The fourth-order valence-electron chi connectivity index (χ4n) is 5.78. The van der Waals surface area contributed by atoms with Gasteiger partial charge in [-0.1, -0.05) is 60.1 Å². The zero-order chi connectivity index (χ0) is 32.7. The quantitative estimate of drug-likeness (QED) is 0.156. The summed E-state index contributed by atoms with van der Waals surface area (Å²) in [6.07, 6.45) is 0.417. The topological polar surface area (TPSA) is 99.3 Å². The molecule has 0 saturated carbocycles. The van der Waals surface area contributed by atoms with Crippen molar-refractivity contribution in [2.24, 2.45) is 0 Å². The second-order valence-electron chi connectivity index (χ2n) is 11.6. The van der Waals surface area contributed by atoms with Crippen LogP contribution in [0.1, 0.15) is 30.0 Å². The Morgan fingerprint density at radius 2 is 1.65 bits per heavy atom. The molecule has 7 nitrogen and oxygen atoms in total. The first-order chi connectivity index (χ1) is 22.1. The number of sulfone groups is 1. The highest BCUT2D eigenvalue weighted by atomic mass is 35.5. The molecule has 5 rings (SSSR count). The average molecular weight is 667 g/mol. The van der Waals surface area contributed by atoms with Gasteiger partial charge in [0.05, 0.1) is 4.90 Å². The maximum absolute atomic E-state index is 15.6. The molecular formula is C35H37ClF2N4O3S.